The number of hydrogen-bond donors (Lipinski definition) is 1. The number of nitrogens with two attached hydrogens (primary N) is 1. The SMILES string of the molecule is CCCn1c(CC(C)C(C)CN)nc2ccccc21. The maximum absolute atomic E-state index is 5.77. The Kier molecular flexibility index (Phi) is 4.59. The van der Waals surface area contributed by atoms with Gasteiger partial charge in [0.25, 0.3) is 0 Å². The summed E-state index contributed by atoms with van der Waals surface area (Å²) in [5.41, 5.74) is 8.14. The number of para-hydroxylation sites is 2. The van der Waals surface area contributed by atoms with E-state index in [1.165, 1.54) is 11.3 Å². The minimum atomic E-state index is 0.537. The summed E-state index contributed by atoms with van der Waals surface area (Å²) >= 11 is 0. The minimum absolute atomic E-state index is 0.537. The van der Waals surface area contributed by atoms with Crippen molar-refractivity contribution in [3.8, 4) is 0 Å². The Balaban J connectivity index is 2.33. The van der Waals surface area contributed by atoms with E-state index in [9.17, 15) is 0 Å². The van der Waals surface area contributed by atoms with E-state index in [0.29, 0.717) is 11.8 Å². The third kappa shape index (κ3) is 2.98. The van der Waals surface area contributed by atoms with Crippen molar-refractivity contribution >= 4 is 11.0 Å². The number of aryl methyl sites for hydroxylation is 1. The summed E-state index contributed by atoms with van der Waals surface area (Å²) in [6.07, 6.45) is 2.14. The molecule has 0 aliphatic rings. The van der Waals surface area contributed by atoms with Crippen molar-refractivity contribution in [3.63, 3.8) is 0 Å². The molecule has 2 unspecified atom stereocenters. The number of benzene rings is 1. The van der Waals surface area contributed by atoms with Gasteiger partial charge in [-0.3, -0.25) is 0 Å². The second-order valence-electron chi connectivity index (χ2n) is 5.56. The zero-order valence-electron chi connectivity index (χ0n) is 12.3. The molecule has 0 fully saturated rings. The molecule has 0 saturated carbocycles. The van der Waals surface area contributed by atoms with Crippen LogP contribution in [0.1, 0.15) is 33.0 Å². The van der Waals surface area contributed by atoms with Crippen molar-refractivity contribution in [1.29, 1.82) is 0 Å². The molecule has 104 valence electrons. The van der Waals surface area contributed by atoms with Gasteiger partial charge in [0.1, 0.15) is 5.82 Å². The fraction of sp³-hybridized carbons (Fsp3) is 0.562. The Morgan fingerprint density at radius 1 is 1.21 bits per heavy atom. The van der Waals surface area contributed by atoms with E-state index < -0.39 is 0 Å². The van der Waals surface area contributed by atoms with Gasteiger partial charge in [0.2, 0.25) is 0 Å². The third-order valence-corrected chi connectivity index (χ3v) is 4.03. The lowest BCUT2D eigenvalue weighted by molar-refractivity contribution is 0.382. The molecular weight excluding hydrogens is 234 g/mol. The number of imidazole rings is 1. The number of nitrogens with zero attached hydrogens (tertiary/aromatic N) is 2. The van der Waals surface area contributed by atoms with Crippen LogP contribution in [0.15, 0.2) is 24.3 Å². The van der Waals surface area contributed by atoms with Gasteiger partial charge in [-0.25, -0.2) is 4.98 Å². The Labute approximate surface area is 115 Å². The summed E-state index contributed by atoms with van der Waals surface area (Å²) in [5, 5.41) is 0. The summed E-state index contributed by atoms with van der Waals surface area (Å²) in [7, 11) is 0. The average molecular weight is 259 g/mol. The summed E-state index contributed by atoms with van der Waals surface area (Å²) in [4.78, 5) is 4.81. The van der Waals surface area contributed by atoms with Crippen LogP contribution in [0.25, 0.3) is 11.0 Å². The number of rotatable bonds is 6. The van der Waals surface area contributed by atoms with Crippen molar-refractivity contribution in [2.75, 3.05) is 6.54 Å². The van der Waals surface area contributed by atoms with Crippen LogP contribution in [0.3, 0.4) is 0 Å². The minimum Gasteiger partial charge on any atom is -0.330 e. The number of hydrogen-bond acceptors (Lipinski definition) is 2. The van der Waals surface area contributed by atoms with E-state index in [2.05, 4.69) is 49.6 Å². The first-order valence-electron chi connectivity index (χ1n) is 7.31. The topological polar surface area (TPSA) is 43.8 Å². The summed E-state index contributed by atoms with van der Waals surface area (Å²) < 4.78 is 2.37. The van der Waals surface area contributed by atoms with Gasteiger partial charge in [-0.1, -0.05) is 32.9 Å². The van der Waals surface area contributed by atoms with Gasteiger partial charge < -0.3 is 10.3 Å². The second kappa shape index (κ2) is 6.20. The molecule has 0 spiro atoms. The highest BCUT2D eigenvalue weighted by Gasteiger charge is 2.16. The molecule has 2 atom stereocenters. The molecule has 19 heavy (non-hydrogen) atoms. The van der Waals surface area contributed by atoms with E-state index in [4.69, 9.17) is 10.7 Å². The van der Waals surface area contributed by atoms with Gasteiger partial charge in [-0.05, 0) is 36.9 Å². The van der Waals surface area contributed by atoms with Crippen LogP contribution < -0.4 is 5.73 Å². The normalized spacial score (nSPS) is 14.7. The van der Waals surface area contributed by atoms with E-state index in [1.54, 1.807) is 0 Å². The second-order valence-corrected chi connectivity index (χ2v) is 5.56. The Morgan fingerprint density at radius 2 is 1.95 bits per heavy atom. The molecule has 0 amide bonds. The van der Waals surface area contributed by atoms with Gasteiger partial charge in [0.05, 0.1) is 11.0 Å². The molecule has 0 radical (unpaired) electrons. The highest BCUT2D eigenvalue weighted by molar-refractivity contribution is 5.75. The Hall–Kier alpha value is -1.35. The molecule has 1 aromatic heterocycles. The summed E-state index contributed by atoms with van der Waals surface area (Å²) in [6.45, 7) is 8.49. The lowest BCUT2D eigenvalue weighted by atomic mass is 9.93. The van der Waals surface area contributed by atoms with E-state index in [0.717, 1.165) is 31.4 Å². The molecule has 1 heterocycles. The predicted octanol–water partition coefficient (Wildman–Crippen LogP) is 3.22. The van der Waals surface area contributed by atoms with E-state index >= 15 is 0 Å². The Morgan fingerprint density at radius 3 is 2.63 bits per heavy atom. The van der Waals surface area contributed by atoms with Gasteiger partial charge in [0, 0.05) is 13.0 Å². The van der Waals surface area contributed by atoms with Gasteiger partial charge in [-0.15, -0.1) is 0 Å². The molecular formula is C16H25N3. The monoisotopic (exact) mass is 259 g/mol. The first kappa shape index (κ1) is 14.1. The van der Waals surface area contributed by atoms with Crippen LogP contribution in [-0.4, -0.2) is 16.1 Å². The van der Waals surface area contributed by atoms with Crippen LogP contribution in [0.4, 0.5) is 0 Å². The molecule has 0 aliphatic heterocycles. The largest absolute Gasteiger partial charge is 0.330 e. The molecule has 2 rings (SSSR count). The lowest BCUT2D eigenvalue weighted by Crippen LogP contribution is -2.21. The fourth-order valence-electron chi connectivity index (χ4n) is 2.48. The quantitative estimate of drug-likeness (QED) is 0.865. The lowest BCUT2D eigenvalue weighted by Gasteiger charge is -2.18. The smallest absolute Gasteiger partial charge is 0.110 e. The van der Waals surface area contributed by atoms with Crippen molar-refractivity contribution in [1.82, 2.24) is 9.55 Å². The van der Waals surface area contributed by atoms with Gasteiger partial charge >= 0.3 is 0 Å². The van der Waals surface area contributed by atoms with Crippen molar-refractivity contribution < 1.29 is 0 Å². The maximum atomic E-state index is 5.77. The first-order chi connectivity index (χ1) is 9.17. The molecule has 3 nitrogen and oxygen atoms in total. The van der Waals surface area contributed by atoms with Crippen LogP contribution in [0.2, 0.25) is 0 Å². The zero-order chi connectivity index (χ0) is 13.8. The van der Waals surface area contributed by atoms with Crippen LogP contribution in [0.5, 0.6) is 0 Å². The fourth-order valence-corrected chi connectivity index (χ4v) is 2.48. The molecule has 2 N–H and O–H groups in total. The van der Waals surface area contributed by atoms with Gasteiger partial charge in [0.15, 0.2) is 0 Å². The predicted molar refractivity (Wildman–Crippen MR) is 81.1 cm³/mol. The van der Waals surface area contributed by atoms with E-state index in [1.807, 2.05) is 0 Å². The number of aromatic nitrogens is 2. The standard InChI is InChI=1S/C16H25N3/c1-4-9-19-15-8-6-5-7-14(15)18-16(19)10-12(2)13(3)11-17/h5-8,12-13H,4,9-11,17H2,1-3H3. The molecule has 0 saturated heterocycles. The van der Waals surface area contributed by atoms with Crippen molar-refractivity contribution in [3.05, 3.63) is 30.1 Å². The molecule has 0 bridgehead atoms. The maximum Gasteiger partial charge on any atom is 0.110 e. The Bertz CT molecular complexity index is 530. The number of fused-ring (bicyclic) bond motifs is 1. The summed E-state index contributed by atoms with van der Waals surface area (Å²) in [5.74, 6) is 2.31. The van der Waals surface area contributed by atoms with E-state index in [-0.39, 0.29) is 0 Å². The highest BCUT2D eigenvalue weighted by atomic mass is 15.1. The van der Waals surface area contributed by atoms with Crippen LogP contribution in [0, 0.1) is 11.8 Å². The third-order valence-electron chi connectivity index (χ3n) is 4.03. The average Bonchev–Trinajstić information content (AvgIpc) is 2.76. The molecule has 3 heteroatoms. The van der Waals surface area contributed by atoms with Crippen LogP contribution in [-0.2, 0) is 13.0 Å². The van der Waals surface area contributed by atoms with Gasteiger partial charge in [-0.2, -0.15) is 0 Å². The van der Waals surface area contributed by atoms with Crippen LogP contribution >= 0.6 is 0 Å². The molecule has 1 aromatic carbocycles. The first-order valence-corrected chi connectivity index (χ1v) is 7.31. The zero-order valence-corrected chi connectivity index (χ0v) is 12.3. The molecule has 2 aromatic rings. The van der Waals surface area contributed by atoms with Crippen molar-refractivity contribution in [2.45, 2.75) is 40.2 Å². The van der Waals surface area contributed by atoms with Crippen molar-refractivity contribution in [2.24, 2.45) is 17.6 Å². The summed E-state index contributed by atoms with van der Waals surface area (Å²) in [6, 6.07) is 8.41. The highest BCUT2D eigenvalue weighted by Crippen LogP contribution is 2.21. The molecule has 0 aliphatic carbocycles.